The largest absolute Gasteiger partial charge is 0.331 e. The highest BCUT2D eigenvalue weighted by Crippen LogP contribution is 2.49. The van der Waals surface area contributed by atoms with Crippen molar-refractivity contribution >= 4 is 17.5 Å². The van der Waals surface area contributed by atoms with Crippen LogP contribution in [0.4, 0.5) is 0 Å². The molecular formula is C19H19ClN6O. The fraction of sp³-hybridized carbons (Fsp3) is 0.368. The van der Waals surface area contributed by atoms with Crippen LogP contribution in [0.15, 0.2) is 36.7 Å². The summed E-state index contributed by atoms with van der Waals surface area (Å²) in [5.74, 6) is 0.888. The zero-order valence-corrected chi connectivity index (χ0v) is 15.6. The zero-order chi connectivity index (χ0) is 18.5. The van der Waals surface area contributed by atoms with E-state index in [0.717, 1.165) is 28.9 Å². The molecule has 1 fully saturated rings. The molecular weight excluding hydrogens is 364 g/mol. The fourth-order valence-electron chi connectivity index (χ4n) is 4.18. The van der Waals surface area contributed by atoms with Gasteiger partial charge in [0.2, 0.25) is 0 Å². The fourth-order valence-corrected chi connectivity index (χ4v) is 4.42. The Morgan fingerprint density at radius 3 is 2.89 bits per heavy atom. The number of carbonyl (C=O) groups excluding carboxylic acids is 1. The number of rotatable bonds is 5. The molecule has 1 aromatic carbocycles. The molecule has 2 aliphatic rings. The summed E-state index contributed by atoms with van der Waals surface area (Å²) in [5.41, 5.74) is 3.79. The third-order valence-corrected chi connectivity index (χ3v) is 6.07. The van der Waals surface area contributed by atoms with Gasteiger partial charge in [0.05, 0.1) is 34.8 Å². The van der Waals surface area contributed by atoms with Gasteiger partial charge in [-0.2, -0.15) is 20.5 Å². The van der Waals surface area contributed by atoms with Crippen LogP contribution in [0.1, 0.15) is 45.7 Å². The van der Waals surface area contributed by atoms with Crippen molar-refractivity contribution < 1.29 is 4.79 Å². The summed E-state index contributed by atoms with van der Waals surface area (Å²) in [6, 6.07) is 7.84. The first-order valence-electron chi connectivity index (χ1n) is 9.05. The molecule has 0 radical (unpaired) electrons. The normalized spacial score (nSPS) is 23.7. The van der Waals surface area contributed by atoms with E-state index in [1.807, 2.05) is 36.2 Å². The minimum absolute atomic E-state index is 0.0276. The second-order valence-electron chi connectivity index (χ2n) is 7.32. The maximum absolute atomic E-state index is 13.1. The molecule has 1 aliphatic heterocycles. The Bertz CT molecular complexity index is 978. The Balaban J connectivity index is 1.43. The summed E-state index contributed by atoms with van der Waals surface area (Å²) in [6.45, 7) is 0.713. The molecule has 1 saturated carbocycles. The van der Waals surface area contributed by atoms with Gasteiger partial charge in [0.15, 0.2) is 0 Å². The van der Waals surface area contributed by atoms with E-state index < -0.39 is 0 Å². The molecule has 5 rings (SSSR count). The predicted octanol–water partition coefficient (Wildman–Crippen LogP) is 2.73. The van der Waals surface area contributed by atoms with Gasteiger partial charge < -0.3 is 4.90 Å². The Hall–Kier alpha value is -2.67. The number of hydrogen-bond acceptors (Lipinski definition) is 4. The van der Waals surface area contributed by atoms with Crippen molar-refractivity contribution in [2.75, 3.05) is 6.54 Å². The molecule has 0 bridgehead atoms. The molecule has 8 heteroatoms. The van der Waals surface area contributed by atoms with Crippen LogP contribution in [-0.4, -0.2) is 42.5 Å². The molecule has 138 valence electrons. The van der Waals surface area contributed by atoms with E-state index in [-0.39, 0.29) is 11.9 Å². The highest BCUT2D eigenvalue weighted by atomic mass is 35.5. The third kappa shape index (κ3) is 2.73. The summed E-state index contributed by atoms with van der Waals surface area (Å²) in [6.07, 6.45) is 5.12. The van der Waals surface area contributed by atoms with Crippen LogP contribution in [0, 0.1) is 5.92 Å². The van der Waals surface area contributed by atoms with E-state index in [1.165, 1.54) is 0 Å². The van der Waals surface area contributed by atoms with E-state index in [9.17, 15) is 4.79 Å². The highest BCUT2D eigenvalue weighted by molar-refractivity contribution is 6.31. The summed E-state index contributed by atoms with van der Waals surface area (Å²) in [5, 5.41) is 15.7. The lowest BCUT2D eigenvalue weighted by atomic mass is 10.0. The molecule has 1 amide bonds. The summed E-state index contributed by atoms with van der Waals surface area (Å²) in [4.78, 5) is 15.1. The smallest absolute Gasteiger partial charge is 0.254 e. The maximum Gasteiger partial charge on any atom is 0.254 e. The van der Waals surface area contributed by atoms with E-state index in [2.05, 4.69) is 20.5 Å². The predicted molar refractivity (Wildman–Crippen MR) is 99.4 cm³/mol. The van der Waals surface area contributed by atoms with Crippen molar-refractivity contribution in [3.8, 4) is 0 Å². The van der Waals surface area contributed by atoms with Crippen molar-refractivity contribution in [1.29, 1.82) is 0 Å². The number of aromatic nitrogens is 5. The standard InChI is InChI=1S/C19H19ClN6O/c1-25-18(15(20)8-22-25)7-17-12-4-2-3-5-13(12)19(27)26(17)10-11-6-14(11)16-9-21-24-23-16/h2-5,8-9,11,14,17H,6-7,10H2,1H3,(H,21,23,24)/t11-,14-,17?/m0/s1. The van der Waals surface area contributed by atoms with E-state index >= 15 is 0 Å². The number of amides is 1. The number of carbonyl (C=O) groups is 1. The molecule has 1 N–H and O–H groups in total. The van der Waals surface area contributed by atoms with Crippen LogP contribution in [0.25, 0.3) is 0 Å². The van der Waals surface area contributed by atoms with Gasteiger partial charge in [0.25, 0.3) is 5.91 Å². The lowest BCUT2D eigenvalue weighted by molar-refractivity contribution is 0.0712. The monoisotopic (exact) mass is 382 g/mol. The van der Waals surface area contributed by atoms with Gasteiger partial charge in [0.1, 0.15) is 0 Å². The molecule has 0 spiro atoms. The van der Waals surface area contributed by atoms with Gasteiger partial charge in [-0.05, 0) is 24.0 Å². The molecule has 1 aliphatic carbocycles. The second-order valence-corrected chi connectivity index (χ2v) is 7.73. The number of benzene rings is 1. The Morgan fingerprint density at radius 1 is 1.30 bits per heavy atom. The molecule has 3 atom stereocenters. The van der Waals surface area contributed by atoms with Gasteiger partial charge in [-0.25, -0.2) is 0 Å². The summed E-state index contributed by atoms with van der Waals surface area (Å²) < 4.78 is 1.79. The van der Waals surface area contributed by atoms with Crippen LogP contribution in [0.3, 0.4) is 0 Å². The number of fused-ring (bicyclic) bond motifs is 1. The Morgan fingerprint density at radius 2 is 2.15 bits per heavy atom. The first-order chi connectivity index (χ1) is 13.1. The average Bonchev–Trinajstić information content (AvgIpc) is 2.99. The quantitative estimate of drug-likeness (QED) is 0.735. The topological polar surface area (TPSA) is 79.7 Å². The zero-order valence-electron chi connectivity index (χ0n) is 14.8. The van der Waals surface area contributed by atoms with Gasteiger partial charge in [0, 0.05) is 31.5 Å². The maximum atomic E-state index is 13.1. The summed E-state index contributed by atoms with van der Waals surface area (Å²) >= 11 is 6.34. The second kappa shape index (κ2) is 6.20. The number of aryl methyl sites for hydroxylation is 1. The molecule has 27 heavy (non-hydrogen) atoms. The Kier molecular flexibility index (Phi) is 3.79. The van der Waals surface area contributed by atoms with Gasteiger partial charge in [-0.1, -0.05) is 29.8 Å². The molecule has 3 heterocycles. The van der Waals surface area contributed by atoms with Crippen molar-refractivity contribution in [1.82, 2.24) is 30.1 Å². The van der Waals surface area contributed by atoms with Crippen LogP contribution < -0.4 is 0 Å². The van der Waals surface area contributed by atoms with Crippen molar-refractivity contribution in [2.45, 2.75) is 24.8 Å². The van der Waals surface area contributed by atoms with Gasteiger partial charge in [-0.15, -0.1) is 0 Å². The number of nitrogens with zero attached hydrogens (tertiary/aromatic N) is 5. The van der Waals surface area contributed by atoms with E-state index in [1.54, 1.807) is 17.1 Å². The van der Waals surface area contributed by atoms with Crippen LogP contribution in [-0.2, 0) is 13.5 Å². The van der Waals surface area contributed by atoms with E-state index in [0.29, 0.717) is 29.8 Å². The van der Waals surface area contributed by atoms with Gasteiger partial charge in [-0.3, -0.25) is 9.48 Å². The first kappa shape index (κ1) is 16.5. The number of nitrogens with one attached hydrogen (secondary N) is 1. The van der Waals surface area contributed by atoms with Crippen molar-refractivity contribution in [3.63, 3.8) is 0 Å². The number of aromatic amines is 1. The molecule has 0 saturated heterocycles. The van der Waals surface area contributed by atoms with Crippen molar-refractivity contribution in [2.24, 2.45) is 13.0 Å². The minimum atomic E-state index is -0.0276. The van der Waals surface area contributed by atoms with Crippen LogP contribution >= 0.6 is 11.6 Å². The first-order valence-corrected chi connectivity index (χ1v) is 9.43. The average molecular weight is 383 g/mol. The summed E-state index contributed by atoms with van der Waals surface area (Å²) in [7, 11) is 1.88. The van der Waals surface area contributed by atoms with Gasteiger partial charge >= 0.3 is 0 Å². The van der Waals surface area contributed by atoms with Crippen molar-refractivity contribution in [3.05, 3.63) is 64.2 Å². The van der Waals surface area contributed by atoms with Crippen LogP contribution in [0.2, 0.25) is 5.02 Å². The lowest BCUT2D eigenvalue weighted by Crippen LogP contribution is -2.32. The molecule has 2 aromatic heterocycles. The number of halogens is 1. The minimum Gasteiger partial charge on any atom is -0.331 e. The molecule has 3 aromatic rings. The number of hydrogen-bond donors (Lipinski definition) is 1. The number of H-pyrrole nitrogens is 1. The Labute approximate surface area is 161 Å². The molecule has 1 unspecified atom stereocenters. The SMILES string of the molecule is Cn1ncc(Cl)c1CC1c2ccccc2C(=O)N1C[C@@H]1C[C@@H]1c1cn[nH]n1. The highest BCUT2D eigenvalue weighted by Gasteiger charge is 2.46. The van der Waals surface area contributed by atoms with Crippen LogP contribution in [0.5, 0.6) is 0 Å². The lowest BCUT2D eigenvalue weighted by Gasteiger charge is -2.26. The third-order valence-electron chi connectivity index (χ3n) is 5.75. The van der Waals surface area contributed by atoms with E-state index in [4.69, 9.17) is 11.6 Å². The molecule has 7 nitrogen and oxygen atoms in total.